The van der Waals surface area contributed by atoms with Crippen molar-refractivity contribution in [2.75, 3.05) is 32.7 Å². The second-order valence-electron chi connectivity index (χ2n) is 13.8. The Morgan fingerprint density at radius 1 is 0.920 bits per heavy atom. The fraction of sp³-hybridized carbons (Fsp3) is 0.421. The summed E-state index contributed by atoms with van der Waals surface area (Å²) in [7, 11) is 0. The number of carbonyl (C=O) groups is 4. The van der Waals surface area contributed by atoms with Crippen LogP contribution in [0.15, 0.2) is 72.8 Å². The van der Waals surface area contributed by atoms with E-state index in [0.717, 1.165) is 16.7 Å². The van der Waals surface area contributed by atoms with Gasteiger partial charge in [0.25, 0.3) is 0 Å². The standard InChI is InChI=1S/C38H45ClFN5O5/c1-25(46)41-23-34(30-11-7-8-12-31(30)40)43-17-19-44(20-18-43)36(48)32(21-26-13-15-29(39)16-14-26)42-35(47)33-22-27-9-5-6-10-28(27)24-45(33)37(49)50-38(2,3)4/h5-16,32-34H,17-24H2,1-4H3,(H,41,46)(H,42,47). The predicted molar refractivity (Wildman–Crippen MR) is 189 cm³/mol. The molecule has 0 spiro atoms. The van der Waals surface area contributed by atoms with Gasteiger partial charge in [-0.1, -0.05) is 66.2 Å². The summed E-state index contributed by atoms with van der Waals surface area (Å²) >= 11 is 6.14. The van der Waals surface area contributed by atoms with Crippen LogP contribution in [0.5, 0.6) is 0 Å². The quantitative estimate of drug-likeness (QED) is 0.328. The normalized spacial score (nSPS) is 17.7. The number of piperazine rings is 1. The Hall–Kier alpha value is -4.48. The number of carbonyl (C=O) groups excluding carboxylic acids is 4. The van der Waals surface area contributed by atoms with Crippen LogP contribution in [0, 0.1) is 5.82 Å². The van der Waals surface area contributed by atoms with Crippen LogP contribution in [0.4, 0.5) is 9.18 Å². The third-order valence-electron chi connectivity index (χ3n) is 9.02. The highest BCUT2D eigenvalue weighted by Gasteiger charge is 2.39. The van der Waals surface area contributed by atoms with Crippen molar-refractivity contribution >= 4 is 35.4 Å². The molecule has 3 atom stereocenters. The number of nitrogens with one attached hydrogen (secondary N) is 2. The molecule has 4 amide bonds. The highest BCUT2D eigenvalue weighted by molar-refractivity contribution is 6.30. The van der Waals surface area contributed by atoms with Gasteiger partial charge in [-0.15, -0.1) is 0 Å². The molecule has 0 saturated carbocycles. The van der Waals surface area contributed by atoms with Crippen molar-refractivity contribution in [1.29, 1.82) is 0 Å². The zero-order valence-corrected chi connectivity index (χ0v) is 29.7. The molecular formula is C38H45ClFN5O5. The second-order valence-corrected chi connectivity index (χ2v) is 14.3. The molecule has 1 saturated heterocycles. The molecule has 2 N–H and O–H groups in total. The van der Waals surface area contributed by atoms with Crippen LogP contribution in [-0.2, 0) is 38.5 Å². The zero-order chi connectivity index (χ0) is 36.0. The molecule has 5 rings (SSSR count). The molecule has 12 heteroatoms. The average Bonchev–Trinajstić information content (AvgIpc) is 3.08. The van der Waals surface area contributed by atoms with E-state index in [1.807, 2.05) is 36.4 Å². The zero-order valence-electron chi connectivity index (χ0n) is 29.0. The first-order valence-electron chi connectivity index (χ1n) is 16.9. The SMILES string of the molecule is CC(=O)NCC(c1ccccc1F)N1CCN(C(=O)C(Cc2ccc(Cl)cc2)NC(=O)C2Cc3ccccc3CN2C(=O)OC(C)(C)C)CC1. The summed E-state index contributed by atoms with van der Waals surface area (Å²) in [6.45, 7) is 8.68. The molecule has 3 aromatic rings. The Labute approximate surface area is 297 Å². The van der Waals surface area contributed by atoms with Crippen molar-refractivity contribution in [2.45, 2.75) is 70.8 Å². The van der Waals surface area contributed by atoms with Crippen molar-refractivity contribution in [3.63, 3.8) is 0 Å². The molecule has 0 radical (unpaired) electrons. The minimum atomic E-state index is -0.936. The third kappa shape index (κ3) is 9.39. The van der Waals surface area contributed by atoms with Gasteiger partial charge < -0.3 is 20.3 Å². The van der Waals surface area contributed by atoms with E-state index in [4.69, 9.17) is 16.3 Å². The van der Waals surface area contributed by atoms with E-state index in [9.17, 15) is 23.6 Å². The molecule has 0 aromatic heterocycles. The van der Waals surface area contributed by atoms with Crippen molar-refractivity contribution in [2.24, 2.45) is 0 Å². The highest BCUT2D eigenvalue weighted by atomic mass is 35.5. The van der Waals surface area contributed by atoms with Gasteiger partial charge in [-0.2, -0.15) is 0 Å². The van der Waals surface area contributed by atoms with E-state index >= 15 is 0 Å². The van der Waals surface area contributed by atoms with Crippen LogP contribution in [-0.4, -0.2) is 88.9 Å². The molecule has 1 fully saturated rings. The molecule has 2 heterocycles. The van der Waals surface area contributed by atoms with E-state index in [1.165, 1.54) is 17.9 Å². The summed E-state index contributed by atoms with van der Waals surface area (Å²) in [6.07, 6.45) is -0.126. The number of halogens is 2. The van der Waals surface area contributed by atoms with Crippen LogP contribution in [0.2, 0.25) is 5.02 Å². The summed E-state index contributed by atoms with van der Waals surface area (Å²) < 4.78 is 20.6. The number of hydrogen-bond acceptors (Lipinski definition) is 6. The van der Waals surface area contributed by atoms with Gasteiger partial charge >= 0.3 is 6.09 Å². The van der Waals surface area contributed by atoms with E-state index in [1.54, 1.807) is 56.0 Å². The highest BCUT2D eigenvalue weighted by Crippen LogP contribution is 2.27. The van der Waals surface area contributed by atoms with Gasteiger partial charge in [-0.25, -0.2) is 9.18 Å². The summed E-state index contributed by atoms with van der Waals surface area (Å²) in [5.74, 6) is -1.30. The van der Waals surface area contributed by atoms with Crippen molar-refractivity contribution in [3.05, 3.63) is 106 Å². The van der Waals surface area contributed by atoms with Gasteiger partial charge in [0.1, 0.15) is 23.5 Å². The minimum absolute atomic E-state index is 0.197. The number of benzene rings is 3. The first-order chi connectivity index (χ1) is 23.8. The number of amides is 4. The van der Waals surface area contributed by atoms with Crippen molar-refractivity contribution in [1.82, 2.24) is 25.3 Å². The molecule has 50 heavy (non-hydrogen) atoms. The lowest BCUT2D eigenvalue weighted by atomic mass is 9.93. The Kier molecular flexibility index (Phi) is 11.8. The minimum Gasteiger partial charge on any atom is -0.444 e. The lowest BCUT2D eigenvalue weighted by Crippen LogP contribution is -2.60. The summed E-state index contributed by atoms with van der Waals surface area (Å²) in [6, 6.07) is 19.0. The Morgan fingerprint density at radius 3 is 2.20 bits per heavy atom. The van der Waals surface area contributed by atoms with Crippen LogP contribution in [0.3, 0.4) is 0 Å². The fourth-order valence-corrected chi connectivity index (χ4v) is 6.62. The Morgan fingerprint density at radius 2 is 1.56 bits per heavy atom. The molecule has 0 bridgehead atoms. The number of rotatable bonds is 9. The molecule has 2 aliphatic rings. The van der Waals surface area contributed by atoms with E-state index in [-0.39, 0.29) is 43.6 Å². The number of ether oxygens (including phenoxy) is 1. The second kappa shape index (κ2) is 16.0. The number of nitrogens with zero attached hydrogens (tertiary/aromatic N) is 3. The summed E-state index contributed by atoms with van der Waals surface area (Å²) in [4.78, 5) is 58.8. The van der Waals surface area contributed by atoms with Gasteiger partial charge in [0.2, 0.25) is 17.7 Å². The van der Waals surface area contributed by atoms with Crippen molar-refractivity contribution in [3.8, 4) is 0 Å². The molecule has 3 unspecified atom stereocenters. The molecular weight excluding hydrogens is 661 g/mol. The van der Waals surface area contributed by atoms with Crippen LogP contribution < -0.4 is 10.6 Å². The number of fused-ring (bicyclic) bond motifs is 1. The van der Waals surface area contributed by atoms with Crippen LogP contribution in [0.1, 0.15) is 56.0 Å². The van der Waals surface area contributed by atoms with Crippen LogP contribution >= 0.6 is 11.6 Å². The monoisotopic (exact) mass is 705 g/mol. The first-order valence-corrected chi connectivity index (χ1v) is 17.3. The van der Waals surface area contributed by atoms with E-state index < -0.39 is 35.7 Å². The average molecular weight is 706 g/mol. The van der Waals surface area contributed by atoms with Gasteiger partial charge in [0, 0.05) is 63.1 Å². The summed E-state index contributed by atoms with van der Waals surface area (Å²) in [5, 5.41) is 6.37. The van der Waals surface area contributed by atoms with Gasteiger partial charge in [0.05, 0.1) is 12.6 Å². The Balaban J connectivity index is 1.35. The third-order valence-corrected chi connectivity index (χ3v) is 9.27. The lowest BCUT2D eigenvalue weighted by molar-refractivity contribution is -0.139. The van der Waals surface area contributed by atoms with Crippen LogP contribution in [0.25, 0.3) is 0 Å². The lowest BCUT2D eigenvalue weighted by Gasteiger charge is -2.41. The topological polar surface area (TPSA) is 111 Å². The largest absolute Gasteiger partial charge is 0.444 e. The maximum Gasteiger partial charge on any atom is 0.411 e. The smallest absolute Gasteiger partial charge is 0.411 e. The molecule has 2 aliphatic heterocycles. The Bertz CT molecular complexity index is 1690. The van der Waals surface area contributed by atoms with Gasteiger partial charge in [0.15, 0.2) is 0 Å². The van der Waals surface area contributed by atoms with E-state index in [0.29, 0.717) is 36.8 Å². The van der Waals surface area contributed by atoms with E-state index in [2.05, 4.69) is 15.5 Å². The number of hydrogen-bond donors (Lipinski definition) is 2. The predicted octanol–water partition coefficient (Wildman–Crippen LogP) is 4.89. The molecule has 10 nitrogen and oxygen atoms in total. The van der Waals surface area contributed by atoms with Gasteiger partial charge in [-0.05, 0) is 55.7 Å². The molecule has 266 valence electrons. The molecule has 3 aromatic carbocycles. The molecule has 0 aliphatic carbocycles. The first kappa shape index (κ1) is 36.8. The maximum absolute atomic E-state index is 14.9. The van der Waals surface area contributed by atoms with Crippen molar-refractivity contribution < 1.29 is 28.3 Å². The fourth-order valence-electron chi connectivity index (χ4n) is 6.49. The summed E-state index contributed by atoms with van der Waals surface area (Å²) in [5.41, 5.74) is 2.39. The van der Waals surface area contributed by atoms with Gasteiger partial charge in [-0.3, -0.25) is 24.2 Å². The maximum atomic E-state index is 14.9.